The van der Waals surface area contributed by atoms with E-state index in [2.05, 4.69) is 30.8 Å². The third-order valence-corrected chi connectivity index (χ3v) is 4.17. The fraction of sp³-hybridized carbons (Fsp3) is 0.200. The summed E-state index contributed by atoms with van der Waals surface area (Å²) in [5.74, 6) is 3.87. The number of rotatable bonds is 7. The van der Waals surface area contributed by atoms with Gasteiger partial charge in [-0.2, -0.15) is 0 Å². The molecule has 2 aromatic rings. The van der Waals surface area contributed by atoms with Crippen LogP contribution in [-0.4, -0.2) is 42.5 Å². The molecule has 0 bridgehead atoms. The molecule has 0 aliphatic carbocycles. The van der Waals surface area contributed by atoms with E-state index in [1.165, 1.54) is 20.2 Å². The van der Waals surface area contributed by atoms with E-state index in [1.807, 2.05) is 0 Å². The SMILES string of the molecule is COC(=O)C(C)NC(=O)Nc1cccc(-c2cnc(N)c(C(=NC/C(F)=C/F)NN)c2)c1. The number of ether oxygens (including phenoxy) is 1. The summed E-state index contributed by atoms with van der Waals surface area (Å²) in [7, 11) is 1.22. The summed E-state index contributed by atoms with van der Waals surface area (Å²) in [5, 5.41) is 5.07. The molecular weight excluding hydrogens is 424 g/mol. The Morgan fingerprint density at radius 1 is 1.31 bits per heavy atom. The molecule has 0 aliphatic heterocycles. The monoisotopic (exact) mass is 447 g/mol. The molecule has 0 saturated carbocycles. The van der Waals surface area contributed by atoms with E-state index >= 15 is 0 Å². The number of hydrazine groups is 1. The van der Waals surface area contributed by atoms with E-state index in [4.69, 9.17) is 11.6 Å². The van der Waals surface area contributed by atoms with Crippen LogP contribution < -0.4 is 27.6 Å². The first-order valence-electron chi connectivity index (χ1n) is 9.26. The molecule has 10 nitrogen and oxygen atoms in total. The van der Waals surface area contributed by atoms with Gasteiger partial charge < -0.3 is 26.5 Å². The minimum absolute atomic E-state index is 0.0132. The second kappa shape index (κ2) is 11.4. The number of hydrogen-bond donors (Lipinski definition) is 5. The molecule has 2 rings (SSSR count). The van der Waals surface area contributed by atoms with Crippen LogP contribution >= 0.6 is 0 Å². The fourth-order valence-corrected chi connectivity index (χ4v) is 2.60. The lowest BCUT2D eigenvalue weighted by Crippen LogP contribution is -2.41. The maximum Gasteiger partial charge on any atom is 0.328 e. The number of pyridine rings is 1. The van der Waals surface area contributed by atoms with Crippen LogP contribution in [0.1, 0.15) is 12.5 Å². The van der Waals surface area contributed by atoms with Crippen molar-refractivity contribution >= 4 is 29.3 Å². The molecule has 0 aliphatic rings. The molecule has 0 fully saturated rings. The Morgan fingerprint density at radius 3 is 2.72 bits per heavy atom. The fourth-order valence-electron chi connectivity index (χ4n) is 2.60. The molecule has 1 atom stereocenters. The Bertz CT molecular complexity index is 1040. The molecule has 1 aromatic heterocycles. The molecule has 2 amide bonds. The third-order valence-electron chi connectivity index (χ3n) is 4.17. The van der Waals surface area contributed by atoms with E-state index in [9.17, 15) is 18.4 Å². The molecule has 1 unspecified atom stereocenters. The van der Waals surface area contributed by atoms with Crippen LogP contribution in [0.4, 0.5) is 25.1 Å². The van der Waals surface area contributed by atoms with Gasteiger partial charge in [-0.1, -0.05) is 12.1 Å². The van der Waals surface area contributed by atoms with Crippen molar-refractivity contribution in [3.63, 3.8) is 0 Å². The number of carbonyl (C=O) groups excluding carboxylic acids is 2. The molecule has 32 heavy (non-hydrogen) atoms. The maximum atomic E-state index is 13.1. The Morgan fingerprint density at radius 2 is 2.06 bits per heavy atom. The summed E-state index contributed by atoms with van der Waals surface area (Å²) >= 11 is 0. The molecule has 12 heteroatoms. The van der Waals surface area contributed by atoms with Gasteiger partial charge in [-0.05, 0) is 30.7 Å². The number of aromatic nitrogens is 1. The highest BCUT2D eigenvalue weighted by molar-refractivity contribution is 6.03. The number of benzene rings is 1. The van der Waals surface area contributed by atoms with Gasteiger partial charge in [-0.3, -0.25) is 4.99 Å². The minimum Gasteiger partial charge on any atom is -0.467 e. The van der Waals surface area contributed by atoms with Gasteiger partial charge in [0.15, 0.2) is 0 Å². The van der Waals surface area contributed by atoms with Crippen molar-refractivity contribution in [2.45, 2.75) is 13.0 Å². The number of anilines is 2. The average molecular weight is 447 g/mol. The topological polar surface area (TPSA) is 157 Å². The quantitative estimate of drug-likeness (QED) is 0.143. The smallest absolute Gasteiger partial charge is 0.328 e. The van der Waals surface area contributed by atoms with E-state index in [1.54, 1.807) is 30.3 Å². The largest absolute Gasteiger partial charge is 0.467 e. The van der Waals surface area contributed by atoms with Gasteiger partial charge in [0, 0.05) is 17.4 Å². The van der Waals surface area contributed by atoms with Gasteiger partial charge in [-0.15, -0.1) is 0 Å². The molecule has 0 spiro atoms. The highest BCUT2D eigenvalue weighted by atomic mass is 19.2. The number of nitrogen functional groups attached to an aromatic ring is 1. The van der Waals surface area contributed by atoms with Crippen LogP contribution in [0, 0.1) is 0 Å². The maximum absolute atomic E-state index is 13.1. The highest BCUT2D eigenvalue weighted by Gasteiger charge is 2.16. The number of nitrogens with one attached hydrogen (secondary N) is 3. The zero-order chi connectivity index (χ0) is 23.7. The predicted molar refractivity (Wildman–Crippen MR) is 117 cm³/mol. The number of amidine groups is 1. The minimum atomic E-state index is -1.08. The number of nitrogens with two attached hydrogens (primary N) is 2. The van der Waals surface area contributed by atoms with Crippen LogP contribution in [0.2, 0.25) is 0 Å². The summed E-state index contributed by atoms with van der Waals surface area (Å²) in [6.07, 6.45) is 1.30. The van der Waals surface area contributed by atoms with Crippen molar-refractivity contribution in [1.82, 2.24) is 15.7 Å². The summed E-state index contributed by atoms with van der Waals surface area (Å²) < 4.78 is 29.9. The van der Waals surface area contributed by atoms with Gasteiger partial charge in [0.25, 0.3) is 0 Å². The van der Waals surface area contributed by atoms with Crippen LogP contribution in [-0.2, 0) is 9.53 Å². The lowest BCUT2D eigenvalue weighted by atomic mass is 10.0. The van der Waals surface area contributed by atoms with Crippen molar-refractivity contribution < 1.29 is 23.1 Å². The van der Waals surface area contributed by atoms with Gasteiger partial charge in [-0.25, -0.2) is 29.2 Å². The molecule has 0 saturated heterocycles. The number of aliphatic imine (C=N–C) groups is 1. The number of hydrogen-bond acceptors (Lipinski definition) is 7. The summed E-state index contributed by atoms with van der Waals surface area (Å²) in [4.78, 5) is 31.5. The van der Waals surface area contributed by atoms with Crippen molar-refractivity contribution in [3.8, 4) is 11.1 Å². The van der Waals surface area contributed by atoms with Gasteiger partial charge in [0.1, 0.15) is 29.9 Å². The zero-order valence-electron chi connectivity index (χ0n) is 17.4. The number of esters is 1. The van der Waals surface area contributed by atoms with Crippen molar-refractivity contribution in [1.29, 1.82) is 0 Å². The van der Waals surface area contributed by atoms with Crippen molar-refractivity contribution in [2.75, 3.05) is 24.7 Å². The molecular formula is C20H23F2N7O3. The van der Waals surface area contributed by atoms with Crippen LogP contribution in [0.3, 0.4) is 0 Å². The Labute approximate surface area is 182 Å². The Hall–Kier alpha value is -4.06. The van der Waals surface area contributed by atoms with Crippen LogP contribution in [0.15, 0.2) is 53.7 Å². The van der Waals surface area contributed by atoms with Gasteiger partial charge >= 0.3 is 12.0 Å². The molecule has 1 aromatic carbocycles. The molecule has 7 N–H and O–H groups in total. The van der Waals surface area contributed by atoms with Crippen molar-refractivity contribution in [2.24, 2.45) is 10.8 Å². The lowest BCUT2D eigenvalue weighted by molar-refractivity contribution is -0.142. The van der Waals surface area contributed by atoms with Crippen molar-refractivity contribution in [3.05, 3.63) is 54.2 Å². The first-order valence-corrected chi connectivity index (χ1v) is 9.26. The first-order chi connectivity index (χ1) is 15.3. The summed E-state index contributed by atoms with van der Waals surface area (Å²) in [5.41, 5.74) is 10.1. The summed E-state index contributed by atoms with van der Waals surface area (Å²) in [6.45, 7) is 0.918. The average Bonchev–Trinajstić information content (AvgIpc) is 2.79. The number of urea groups is 1. The number of amides is 2. The molecule has 170 valence electrons. The van der Waals surface area contributed by atoms with E-state index in [0.29, 0.717) is 16.8 Å². The highest BCUT2D eigenvalue weighted by Crippen LogP contribution is 2.25. The van der Waals surface area contributed by atoms with E-state index in [0.717, 1.165) is 0 Å². The number of carbonyl (C=O) groups is 2. The molecule has 1 heterocycles. The number of halogens is 2. The summed E-state index contributed by atoms with van der Waals surface area (Å²) in [6, 6.07) is 6.95. The number of nitrogens with zero attached hydrogens (tertiary/aromatic N) is 2. The van der Waals surface area contributed by atoms with Gasteiger partial charge in [0.05, 0.1) is 19.2 Å². The predicted octanol–water partition coefficient (Wildman–Crippen LogP) is 2.00. The second-order valence-electron chi connectivity index (χ2n) is 6.45. The van der Waals surface area contributed by atoms with Crippen LogP contribution in [0.5, 0.6) is 0 Å². The second-order valence-corrected chi connectivity index (χ2v) is 6.45. The Kier molecular flexibility index (Phi) is 8.60. The first kappa shape index (κ1) is 24.2. The van der Waals surface area contributed by atoms with E-state index in [-0.39, 0.29) is 23.5 Å². The van der Waals surface area contributed by atoms with Crippen LogP contribution in [0.25, 0.3) is 11.1 Å². The normalized spacial score (nSPS) is 12.7. The molecule has 0 radical (unpaired) electrons. The van der Waals surface area contributed by atoms with Gasteiger partial charge in [0.2, 0.25) is 0 Å². The van der Waals surface area contributed by atoms with E-state index < -0.39 is 30.4 Å². The standard InChI is InChI=1S/C20H23F2N7O3/c1-11(19(30)32-2)27-20(31)28-15-5-3-4-12(6-15)13-7-16(17(23)25-9-13)18(29-24)26-10-14(22)8-21/h3-9,11H,10,24H2,1-2H3,(H2,23,25)(H,26,29)(H2,27,28,31)/b14-8-. The Balaban J connectivity index is 2.27. The number of methoxy groups -OCH3 is 1. The zero-order valence-corrected chi connectivity index (χ0v) is 17.4. The lowest BCUT2D eigenvalue weighted by Gasteiger charge is -2.14. The third kappa shape index (κ3) is 6.47.